The van der Waals surface area contributed by atoms with E-state index < -0.39 is 0 Å². The minimum atomic E-state index is -0.148. The Morgan fingerprint density at radius 2 is 1.92 bits per heavy atom. The van der Waals surface area contributed by atoms with Crippen molar-refractivity contribution in [2.75, 3.05) is 39.8 Å². The number of rotatable bonds is 6. The van der Waals surface area contributed by atoms with Gasteiger partial charge in [0, 0.05) is 19.6 Å². The summed E-state index contributed by atoms with van der Waals surface area (Å²) in [6, 6.07) is 8.60. The van der Waals surface area contributed by atoms with Crippen LogP contribution in [0.5, 0.6) is 5.75 Å². The maximum absolute atomic E-state index is 10.1. The van der Waals surface area contributed by atoms with Gasteiger partial charge < -0.3 is 14.7 Å². The van der Waals surface area contributed by atoms with Crippen LogP contribution >= 0.6 is 0 Å². The number of hydrogen-bond donors (Lipinski definition) is 1. The molecule has 4 heteroatoms. The summed E-state index contributed by atoms with van der Waals surface area (Å²) >= 11 is 0. The topological polar surface area (TPSA) is 35.9 Å². The van der Waals surface area contributed by atoms with Gasteiger partial charge >= 0.3 is 0 Å². The van der Waals surface area contributed by atoms with Gasteiger partial charge in [-0.15, -0.1) is 0 Å². The van der Waals surface area contributed by atoms with E-state index in [1.807, 2.05) is 0 Å². The van der Waals surface area contributed by atoms with Crippen LogP contribution in [0.1, 0.15) is 44.6 Å². The fraction of sp³-hybridized carbons (Fsp3) is 0.714. The third-order valence-electron chi connectivity index (χ3n) is 5.81. The van der Waals surface area contributed by atoms with Gasteiger partial charge in [0.05, 0.1) is 12.7 Å². The lowest BCUT2D eigenvalue weighted by Gasteiger charge is -2.48. The van der Waals surface area contributed by atoms with Crippen molar-refractivity contribution in [2.45, 2.75) is 51.7 Å². The molecule has 1 unspecified atom stereocenters. The quantitative estimate of drug-likeness (QED) is 0.803. The van der Waals surface area contributed by atoms with Crippen LogP contribution in [0.15, 0.2) is 24.3 Å². The molecular weight excluding hydrogens is 312 g/mol. The van der Waals surface area contributed by atoms with Crippen molar-refractivity contribution in [2.24, 2.45) is 5.41 Å². The van der Waals surface area contributed by atoms with Crippen LogP contribution in [0.3, 0.4) is 0 Å². The minimum absolute atomic E-state index is 0.148. The summed E-state index contributed by atoms with van der Waals surface area (Å²) in [4.78, 5) is 4.86. The van der Waals surface area contributed by atoms with Gasteiger partial charge in [-0.25, -0.2) is 0 Å². The van der Waals surface area contributed by atoms with Gasteiger partial charge in [-0.05, 0) is 68.9 Å². The van der Waals surface area contributed by atoms with Crippen molar-refractivity contribution in [3.63, 3.8) is 0 Å². The predicted molar refractivity (Wildman–Crippen MR) is 102 cm³/mol. The summed E-state index contributed by atoms with van der Waals surface area (Å²) in [5.74, 6) is 0.981. The van der Waals surface area contributed by atoms with Crippen molar-refractivity contribution < 1.29 is 9.84 Å². The van der Waals surface area contributed by atoms with E-state index in [4.69, 9.17) is 4.74 Å². The van der Waals surface area contributed by atoms with Crippen LogP contribution in [0.2, 0.25) is 0 Å². The van der Waals surface area contributed by atoms with E-state index in [0.717, 1.165) is 57.9 Å². The largest absolute Gasteiger partial charge is 0.494 e. The van der Waals surface area contributed by atoms with E-state index in [1.54, 1.807) is 0 Å². The molecule has 1 N–H and O–H groups in total. The van der Waals surface area contributed by atoms with Gasteiger partial charge in [-0.2, -0.15) is 0 Å². The monoisotopic (exact) mass is 346 g/mol. The Kier molecular flexibility index (Phi) is 6.37. The second-order valence-corrected chi connectivity index (χ2v) is 8.18. The molecule has 25 heavy (non-hydrogen) atoms. The van der Waals surface area contributed by atoms with Gasteiger partial charge in [0.25, 0.3) is 0 Å². The lowest BCUT2D eigenvalue weighted by Crippen LogP contribution is -2.52. The Morgan fingerprint density at radius 1 is 1.20 bits per heavy atom. The molecule has 0 saturated carbocycles. The van der Waals surface area contributed by atoms with Gasteiger partial charge in [0.1, 0.15) is 5.75 Å². The molecule has 3 rings (SSSR count). The van der Waals surface area contributed by atoms with Gasteiger partial charge in [0.2, 0.25) is 0 Å². The summed E-state index contributed by atoms with van der Waals surface area (Å²) in [5.41, 5.74) is 1.69. The van der Waals surface area contributed by atoms with Crippen LogP contribution in [0.4, 0.5) is 0 Å². The highest BCUT2D eigenvalue weighted by molar-refractivity contribution is 5.27. The number of β-amino-alcohol motifs (C(OH)–C–C–N with tert-alkyl or cyclic N) is 1. The Hall–Kier alpha value is -1.10. The van der Waals surface area contributed by atoms with E-state index >= 15 is 0 Å². The highest BCUT2D eigenvalue weighted by Gasteiger charge is 2.40. The fourth-order valence-corrected chi connectivity index (χ4v) is 4.46. The number of piperidine rings is 2. The Bertz CT molecular complexity index is 511. The summed E-state index contributed by atoms with van der Waals surface area (Å²) < 4.78 is 5.74. The maximum atomic E-state index is 10.1. The first kappa shape index (κ1) is 18.7. The van der Waals surface area contributed by atoms with E-state index in [1.165, 1.54) is 24.8 Å². The average molecular weight is 347 g/mol. The van der Waals surface area contributed by atoms with E-state index in [-0.39, 0.29) is 6.10 Å². The van der Waals surface area contributed by atoms with Gasteiger partial charge in [0.15, 0.2) is 0 Å². The molecule has 4 nitrogen and oxygen atoms in total. The van der Waals surface area contributed by atoms with E-state index in [2.05, 4.69) is 48.0 Å². The van der Waals surface area contributed by atoms with Crippen LogP contribution in [0, 0.1) is 5.41 Å². The third-order valence-corrected chi connectivity index (χ3v) is 5.81. The summed E-state index contributed by atoms with van der Waals surface area (Å²) in [5, 5.41) is 10.1. The zero-order valence-electron chi connectivity index (χ0n) is 15.9. The molecule has 0 aromatic heterocycles. The van der Waals surface area contributed by atoms with Crippen molar-refractivity contribution in [3.05, 3.63) is 29.8 Å². The lowest BCUT2D eigenvalue weighted by atomic mass is 9.71. The molecule has 2 saturated heterocycles. The lowest BCUT2D eigenvalue weighted by molar-refractivity contribution is -0.0331. The zero-order valence-corrected chi connectivity index (χ0v) is 15.9. The maximum Gasteiger partial charge on any atom is 0.119 e. The molecule has 1 aromatic carbocycles. The average Bonchev–Trinajstić information content (AvgIpc) is 2.58. The summed E-state index contributed by atoms with van der Waals surface area (Å²) in [7, 11) is 2.14. The Morgan fingerprint density at radius 3 is 2.56 bits per heavy atom. The number of ether oxygens (including phenoxy) is 1. The molecule has 1 atom stereocenters. The number of hydrogen-bond acceptors (Lipinski definition) is 4. The minimum Gasteiger partial charge on any atom is -0.494 e. The molecule has 1 spiro atoms. The molecule has 2 aliphatic heterocycles. The highest BCUT2D eigenvalue weighted by atomic mass is 16.5. The molecule has 1 aromatic rings. The molecule has 2 heterocycles. The van der Waals surface area contributed by atoms with Crippen LogP contribution in [-0.2, 0) is 6.54 Å². The van der Waals surface area contributed by atoms with Gasteiger partial charge in [-0.1, -0.05) is 25.5 Å². The van der Waals surface area contributed by atoms with Gasteiger partial charge in [-0.3, -0.25) is 4.90 Å². The number of benzene rings is 1. The third kappa shape index (κ3) is 5.19. The Balaban J connectivity index is 1.47. The molecule has 2 aliphatic rings. The second-order valence-electron chi connectivity index (χ2n) is 8.18. The highest BCUT2D eigenvalue weighted by Crippen LogP contribution is 2.39. The summed E-state index contributed by atoms with van der Waals surface area (Å²) in [6.45, 7) is 8.25. The standard InChI is InChI=1S/C21H34N2O2/c1-3-4-13-25-20-7-5-18(6-8-20)15-23-11-9-21(10-12-23)14-19(24)16-22(2)17-21/h5-8,19,24H,3-4,9-17H2,1-2H3. The molecular formula is C21H34N2O2. The first-order valence-corrected chi connectivity index (χ1v) is 9.89. The van der Waals surface area contributed by atoms with E-state index in [9.17, 15) is 5.11 Å². The van der Waals surface area contributed by atoms with Crippen molar-refractivity contribution in [1.29, 1.82) is 0 Å². The number of likely N-dealkylation sites (N-methyl/N-ethyl adjacent to an activating group) is 1. The fourth-order valence-electron chi connectivity index (χ4n) is 4.46. The molecule has 0 amide bonds. The SMILES string of the molecule is CCCCOc1ccc(CN2CCC3(CC2)CC(O)CN(C)C3)cc1. The number of aliphatic hydroxyl groups is 1. The number of unbranched alkanes of at least 4 members (excludes halogenated alkanes) is 1. The molecule has 0 radical (unpaired) electrons. The van der Waals surface area contributed by atoms with E-state index in [0.29, 0.717) is 5.41 Å². The summed E-state index contributed by atoms with van der Waals surface area (Å²) in [6.07, 6.45) is 5.52. The Labute approximate surface area is 152 Å². The molecule has 0 aliphatic carbocycles. The van der Waals surface area contributed by atoms with Crippen molar-refractivity contribution in [3.8, 4) is 5.75 Å². The molecule has 2 fully saturated rings. The first-order chi connectivity index (χ1) is 12.1. The van der Waals surface area contributed by atoms with Crippen molar-refractivity contribution in [1.82, 2.24) is 9.80 Å². The van der Waals surface area contributed by atoms with Crippen molar-refractivity contribution >= 4 is 0 Å². The smallest absolute Gasteiger partial charge is 0.119 e. The van der Waals surface area contributed by atoms with Crippen LogP contribution < -0.4 is 4.74 Å². The predicted octanol–water partition coefficient (Wildman–Crippen LogP) is 3.14. The first-order valence-electron chi connectivity index (χ1n) is 9.89. The second kappa shape index (κ2) is 8.52. The molecule has 140 valence electrons. The number of likely N-dealkylation sites (tertiary alicyclic amines) is 2. The zero-order chi connectivity index (χ0) is 17.7. The molecule has 0 bridgehead atoms. The number of nitrogens with zero attached hydrogens (tertiary/aromatic N) is 2. The number of aliphatic hydroxyl groups excluding tert-OH is 1. The van der Waals surface area contributed by atoms with Crippen LogP contribution in [-0.4, -0.2) is 60.8 Å². The normalized spacial score (nSPS) is 24.5. The van der Waals surface area contributed by atoms with Crippen LogP contribution in [0.25, 0.3) is 0 Å².